The van der Waals surface area contributed by atoms with Gasteiger partial charge in [0, 0.05) is 35.8 Å². The Bertz CT molecular complexity index is 1870. The van der Waals surface area contributed by atoms with E-state index in [0.717, 1.165) is 11.1 Å². The molecule has 0 saturated heterocycles. The molecule has 0 atom stereocenters. The minimum atomic E-state index is -4.72. The maximum absolute atomic E-state index is 14.0. The van der Waals surface area contributed by atoms with Crippen LogP contribution in [0.25, 0.3) is 22.3 Å². The van der Waals surface area contributed by atoms with E-state index in [1.54, 1.807) is 17.5 Å². The van der Waals surface area contributed by atoms with Crippen molar-refractivity contribution >= 4 is 43.6 Å². The number of thiazole rings is 1. The third-order valence-electron chi connectivity index (χ3n) is 6.09. The molecule has 5 aromatic rings. The third kappa shape index (κ3) is 8.00. The zero-order chi connectivity index (χ0) is 30.6. The van der Waals surface area contributed by atoms with Gasteiger partial charge in [-0.25, -0.2) is 27.8 Å². The average molecular weight is 633 g/mol. The second-order valence-corrected chi connectivity index (χ2v) is 12.7. The van der Waals surface area contributed by atoms with E-state index >= 15 is 0 Å². The van der Waals surface area contributed by atoms with Gasteiger partial charge < -0.3 is 15.4 Å². The van der Waals surface area contributed by atoms with Crippen LogP contribution in [-0.2, 0) is 29.2 Å². The summed E-state index contributed by atoms with van der Waals surface area (Å²) >= 11 is 1.38. The van der Waals surface area contributed by atoms with Crippen molar-refractivity contribution in [1.82, 2.24) is 25.3 Å². The summed E-state index contributed by atoms with van der Waals surface area (Å²) in [6.07, 6.45) is -0.756. The highest BCUT2D eigenvalue weighted by Gasteiger charge is 2.35. The highest BCUT2D eigenvalue weighted by atomic mass is 32.2. The predicted molar refractivity (Wildman–Crippen MR) is 155 cm³/mol. The molecule has 3 heterocycles. The highest BCUT2D eigenvalue weighted by Crippen LogP contribution is 2.39. The van der Waals surface area contributed by atoms with Gasteiger partial charge in [0.25, 0.3) is 0 Å². The molecule has 0 aliphatic carbocycles. The van der Waals surface area contributed by atoms with Crippen molar-refractivity contribution in [2.75, 3.05) is 23.9 Å². The molecule has 2 aromatic carbocycles. The number of nitrogens with one attached hydrogen (secondary N) is 2. The Morgan fingerprint density at radius 2 is 1.86 bits per heavy atom. The molecule has 0 saturated carbocycles. The molecule has 43 heavy (non-hydrogen) atoms. The Labute approximate surface area is 247 Å². The number of alkyl halides is 3. The van der Waals surface area contributed by atoms with Gasteiger partial charge in [0.05, 0.1) is 34.4 Å². The Morgan fingerprint density at radius 1 is 1.02 bits per heavy atom. The number of halogens is 4. The van der Waals surface area contributed by atoms with Crippen molar-refractivity contribution in [3.63, 3.8) is 0 Å². The number of benzene rings is 2. The Balaban J connectivity index is 1.36. The first kappa shape index (κ1) is 30.3. The number of nitrogens with zero attached hydrogens (tertiary/aromatic N) is 4. The predicted octanol–water partition coefficient (Wildman–Crippen LogP) is 5.76. The molecule has 0 aliphatic heterocycles. The van der Waals surface area contributed by atoms with E-state index in [0.29, 0.717) is 40.9 Å². The molecule has 0 amide bonds. The van der Waals surface area contributed by atoms with E-state index in [9.17, 15) is 26.0 Å². The first-order chi connectivity index (χ1) is 20.4. The van der Waals surface area contributed by atoms with Gasteiger partial charge in [-0.2, -0.15) is 13.2 Å². The molecule has 0 bridgehead atoms. The topological polar surface area (TPSA) is 119 Å². The van der Waals surface area contributed by atoms with E-state index in [2.05, 4.69) is 30.6 Å². The van der Waals surface area contributed by atoms with Gasteiger partial charge in [-0.15, -0.1) is 11.3 Å². The maximum atomic E-state index is 14.0. The number of pyridine rings is 1. The van der Waals surface area contributed by atoms with Gasteiger partial charge in [0.15, 0.2) is 0 Å². The molecule has 2 N–H and O–H groups in total. The summed E-state index contributed by atoms with van der Waals surface area (Å²) in [6.45, 7) is 0.437. The molecule has 0 fully saturated rings. The summed E-state index contributed by atoms with van der Waals surface area (Å²) in [5.41, 5.74) is 1.03. The zero-order valence-electron chi connectivity index (χ0n) is 22.5. The van der Waals surface area contributed by atoms with Crippen LogP contribution >= 0.6 is 11.3 Å². The summed E-state index contributed by atoms with van der Waals surface area (Å²) < 4.78 is 83.4. The molecular formula is C28H24F4N6O3S2. The Morgan fingerprint density at radius 3 is 2.63 bits per heavy atom. The third-order valence-corrected chi connectivity index (χ3v) is 7.89. The van der Waals surface area contributed by atoms with Crippen LogP contribution in [0.3, 0.4) is 0 Å². The number of aromatic nitrogens is 4. The van der Waals surface area contributed by atoms with Crippen LogP contribution in [0.15, 0.2) is 66.4 Å². The SMILES string of the molecule is CS(=O)(=O)CCNCc1nc(-c2cc3c(Nc4ccc(OCc5cccc(F)c5)c(C(F)(F)F)c4)ncnc3cn2)cs1. The minimum Gasteiger partial charge on any atom is -0.488 e. The van der Waals surface area contributed by atoms with Crippen molar-refractivity contribution in [2.45, 2.75) is 19.3 Å². The van der Waals surface area contributed by atoms with E-state index in [1.165, 1.54) is 60.4 Å². The average Bonchev–Trinajstić information content (AvgIpc) is 3.43. The van der Waals surface area contributed by atoms with Gasteiger partial charge in [0.2, 0.25) is 0 Å². The number of fused-ring (bicyclic) bond motifs is 1. The first-order valence-electron chi connectivity index (χ1n) is 12.7. The first-order valence-corrected chi connectivity index (χ1v) is 15.7. The fourth-order valence-corrected chi connectivity index (χ4v) is 5.31. The molecule has 5 rings (SSSR count). The maximum Gasteiger partial charge on any atom is 0.420 e. The molecule has 0 radical (unpaired) electrons. The van der Waals surface area contributed by atoms with Gasteiger partial charge in [-0.05, 0) is 42.0 Å². The van der Waals surface area contributed by atoms with Crippen LogP contribution in [0, 0.1) is 5.82 Å². The fraction of sp³-hybridized carbons (Fsp3) is 0.214. The van der Waals surface area contributed by atoms with Crippen LogP contribution in [0.5, 0.6) is 5.75 Å². The second-order valence-electron chi connectivity index (χ2n) is 9.49. The lowest BCUT2D eigenvalue weighted by molar-refractivity contribution is -0.139. The van der Waals surface area contributed by atoms with Crippen LogP contribution in [-0.4, -0.2) is 46.9 Å². The summed E-state index contributed by atoms with van der Waals surface area (Å²) in [6, 6.07) is 10.7. The summed E-state index contributed by atoms with van der Waals surface area (Å²) in [5.74, 6) is -0.636. The normalized spacial score (nSPS) is 12.0. The van der Waals surface area contributed by atoms with Crippen molar-refractivity contribution in [1.29, 1.82) is 0 Å². The minimum absolute atomic E-state index is 0.0162. The van der Waals surface area contributed by atoms with Gasteiger partial charge in [-0.1, -0.05) is 12.1 Å². The lowest BCUT2D eigenvalue weighted by Crippen LogP contribution is -2.21. The summed E-state index contributed by atoms with van der Waals surface area (Å²) in [7, 11) is -3.07. The largest absolute Gasteiger partial charge is 0.488 e. The molecule has 3 aromatic heterocycles. The lowest BCUT2D eigenvalue weighted by Gasteiger charge is -2.16. The van der Waals surface area contributed by atoms with Crippen LogP contribution < -0.4 is 15.4 Å². The monoisotopic (exact) mass is 632 g/mol. The standard InChI is InChI=1S/C28H24F4N6O3S2/c1-43(39,40)8-7-33-13-26-38-24(15-42-26)22-11-20-23(12-34-22)35-16-36-27(20)37-19-5-6-25(21(10-19)28(30,31)32)41-14-17-3-2-4-18(29)9-17/h2-6,9-12,15-16,33H,7-8,13-14H2,1H3,(H,35,36,37). The van der Waals surface area contributed by atoms with Crippen molar-refractivity contribution < 1.29 is 30.7 Å². The number of sulfone groups is 1. The van der Waals surface area contributed by atoms with Crippen molar-refractivity contribution in [3.05, 3.63) is 88.4 Å². The number of anilines is 2. The molecule has 0 unspecified atom stereocenters. The van der Waals surface area contributed by atoms with Gasteiger partial charge >= 0.3 is 6.18 Å². The smallest absolute Gasteiger partial charge is 0.420 e. The van der Waals surface area contributed by atoms with Crippen molar-refractivity contribution in [3.8, 4) is 17.1 Å². The zero-order valence-corrected chi connectivity index (χ0v) is 24.2. The molecule has 9 nitrogen and oxygen atoms in total. The second kappa shape index (κ2) is 12.6. The molecular weight excluding hydrogens is 608 g/mol. The van der Waals surface area contributed by atoms with Gasteiger partial charge in [-0.3, -0.25) is 4.98 Å². The highest BCUT2D eigenvalue weighted by molar-refractivity contribution is 7.90. The summed E-state index contributed by atoms with van der Waals surface area (Å²) in [5, 5.41) is 9.02. The van der Waals surface area contributed by atoms with Crippen LogP contribution in [0.1, 0.15) is 16.1 Å². The number of hydrogen-bond acceptors (Lipinski definition) is 10. The molecule has 0 aliphatic rings. The lowest BCUT2D eigenvalue weighted by atomic mass is 10.1. The van der Waals surface area contributed by atoms with E-state index in [4.69, 9.17) is 4.74 Å². The van der Waals surface area contributed by atoms with E-state index in [1.807, 2.05) is 0 Å². The Hall–Kier alpha value is -4.21. The number of hydrogen-bond donors (Lipinski definition) is 2. The molecule has 15 heteroatoms. The number of ether oxygens (including phenoxy) is 1. The quantitative estimate of drug-likeness (QED) is 0.138. The molecule has 224 valence electrons. The van der Waals surface area contributed by atoms with Crippen LogP contribution in [0.4, 0.5) is 29.1 Å². The van der Waals surface area contributed by atoms with Gasteiger partial charge in [0.1, 0.15) is 45.2 Å². The molecule has 0 spiro atoms. The van der Waals surface area contributed by atoms with Crippen LogP contribution in [0.2, 0.25) is 0 Å². The fourth-order valence-electron chi connectivity index (χ4n) is 4.04. The van der Waals surface area contributed by atoms with Crippen molar-refractivity contribution in [2.24, 2.45) is 0 Å². The van der Waals surface area contributed by atoms with E-state index in [-0.39, 0.29) is 23.9 Å². The Kier molecular flexibility index (Phi) is 8.84. The van der Waals surface area contributed by atoms with E-state index < -0.39 is 33.1 Å². The number of rotatable bonds is 11. The summed E-state index contributed by atoms with van der Waals surface area (Å²) in [4.78, 5) is 17.4.